The highest BCUT2D eigenvalue weighted by Crippen LogP contribution is 2.33. The Bertz CT molecular complexity index is 728. The zero-order chi connectivity index (χ0) is 16.5. The number of likely N-dealkylation sites (tertiary alicyclic amines) is 1. The lowest BCUT2D eigenvalue weighted by atomic mass is 10.0. The van der Waals surface area contributed by atoms with E-state index in [1.165, 1.54) is 30.7 Å². The van der Waals surface area contributed by atoms with Crippen LogP contribution in [0.15, 0.2) is 24.3 Å². The number of nitrogens with two attached hydrogens (primary N) is 1. The number of nitrogens with zero attached hydrogens (tertiary/aromatic N) is 2. The van der Waals surface area contributed by atoms with Crippen LogP contribution in [0.1, 0.15) is 64.9 Å². The van der Waals surface area contributed by atoms with Crippen molar-refractivity contribution in [2.45, 2.75) is 51.1 Å². The Kier molecular flexibility index (Phi) is 4.10. The molecule has 4 rings (SSSR count). The van der Waals surface area contributed by atoms with Gasteiger partial charge in [-0.15, -0.1) is 0 Å². The lowest BCUT2D eigenvalue weighted by molar-refractivity contribution is 0.1000. The Morgan fingerprint density at radius 2 is 2.17 bits per heavy atom. The standard InChI is InChI=1S/C19H24N4O/c20-18(24)14-6-3-5-13(11-14)12-23-10-4-9-17(23)19-21-15-7-1-2-8-16(15)22-19/h3,5-6,11,17H,1-2,4,7-10,12H2,(H2,20,24)(H,21,22)/t17-/m1/s1. The second-order valence-corrected chi connectivity index (χ2v) is 6.95. The molecule has 5 heteroatoms. The van der Waals surface area contributed by atoms with Crippen LogP contribution in [-0.2, 0) is 19.4 Å². The highest BCUT2D eigenvalue weighted by Gasteiger charge is 2.29. The number of rotatable bonds is 4. The molecule has 0 bridgehead atoms. The highest BCUT2D eigenvalue weighted by atomic mass is 16.1. The summed E-state index contributed by atoms with van der Waals surface area (Å²) in [6.07, 6.45) is 7.09. The third-order valence-corrected chi connectivity index (χ3v) is 5.25. The molecule has 0 radical (unpaired) electrons. The van der Waals surface area contributed by atoms with Gasteiger partial charge >= 0.3 is 0 Å². The number of carbonyl (C=O) groups excluding carboxylic acids is 1. The molecule has 1 aromatic heterocycles. The van der Waals surface area contributed by atoms with Crippen LogP contribution >= 0.6 is 0 Å². The van der Waals surface area contributed by atoms with Crippen molar-refractivity contribution in [2.75, 3.05) is 6.54 Å². The number of fused-ring (bicyclic) bond motifs is 1. The van der Waals surface area contributed by atoms with E-state index in [9.17, 15) is 4.79 Å². The molecule has 2 aliphatic rings. The maximum absolute atomic E-state index is 11.4. The van der Waals surface area contributed by atoms with Crippen molar-refractivity contribution >= 4 is 5.91 Å². The molecular formula is C19H24N4O. The number of aryl methyl sites for hydroxylation is 2. The van der Waals surface area contributed by atoms with Gasteiger partial charge in [0.15, 0.2) is 0 Å². The number of hydrogen-bond acceptors (Lipinski definition) is 3. The van der Waals surface area contributed by atoms with Gasteiger partial charge in [-0.1, -0.05) is 12.1 Å². The summed E-state index contributed by atoms with van der Waals surface area (Å²) in [6.45, 7) is 1.90. The van der Waals surface area contributed by atoms with Crippen LogP contribution in [0.2, 0.25) is 0 Å². The van der Waals surface area contributed by atoms with Crippen LogP contribution in [0.3, 0.4) is 0 Å². The summed E-state index contributed by atoms with van der Waals surface area (Å²) in [5.41, 5.74) is 9.73. The van der Waals surface area contributed by atoms with E-state index < -0.39 is 0 Å². The summed E-state index contributed by atoms with van der Waals surface area (Å²) in [5, 5.41) is 0. The molecule has 1 amide bonds. The normalized spacial score (nSPS) is 20.9. The number of aromatic amines is 1. The third kappa shape index (κ3) is 2.96. The zero-order valence-corrected chi connectivity index (χ0v) is 13.9. The molecule has 24 heavy (non-hydrogen) atoms. The third-order valence-electron chi connectivity index (χ3n) is 5.25. The fraction of sp³-hybridized carbons (Fsp3) is 0.474. The van der Waals surface area contributed by atoms with Crippen molar-refractivity contribution in [3.8, 4) is 0 Å². The molecule has 1 atom stereocenters. The van der Waals surface area contributed by atoms with Gasteiger partial charge in [0.1, 0.15) is 5.82 Å². The Morgan fingerprint density at radius 3 is 3.00 bits per heavy atom. The molecule has 126 valence electrons. The largest absolute Gasteiger partial charge is 0.366 e. The van der Waals surface area contributed by atoms with Crippen molar-refractivity contribution in [1.29, 1.82) is 0 Å². The van der Waals surface area contributed by atoms with Crippen molar-refractivity contribution in [2.24, 2.45) is 5.73 Å². The van der Waals surface area contributed by atoms with Gasteiger partial charge in [0, 0.05) is 17.8 Å². The maximum atomic E-state index is 11.4. The summed E-state index contributed by atoms with van der Waals surface area (Å²) < 4.78 is 0. The van der Waals surface area contributed by atoms with E-state index in [-0.39, 0.29) is 5.91 Å². The number of primary amides is 1. The van der Waals surface area contributed by atoms with Gasteiger partial charge in [-0.3, -0.25) is 9.69 Å². The van der Waals surface area contributed by atoms with E-state index in [0.717, 1.165) is 43.7 Å². The summed E-state index contributed by atoms with van der Waals surface area (Å²) in [5.74, 6) is 0.763. The van der Waals surface area contributed by atoms with E-state index in [2.05, 4.69) is 16.0 Å². The maximum Gasteiger partial charge on any atom is 0.248 e. The Morgan fingerprint density at radius 1 is 1.29 bits per heavy atom. The Hall–Kier alpha value is -2.14. The molecule has 1 fully saturated rings. The van der Waals surface area contributed by atoms with Crippen LogP contribution in [0.4, 0.5) is 0 Å². The minimum absolute atomic E-state index is 0.354. The van der Waals surface area contributed by atoms with Gasteiger partial charge in [-0.05, 0) is 62.8 Å². The molecule has 0 unspecified atom stereocenters. The van der Waals surface area contributed by atoms with E-state index >= 15 is 0 Å². The number of aromatic nitrogens is 2. The van der Waals surface area contributed by atoms with Gasteiger partial charge in [0.05, 0.1) is 11.7 Å². The molecule has 2 aromatic rings. The lowest BCUT2D eigenvalue weighted by Gasteiger charge is -2.23. The molecule has 0 spiro atoms. The average molecular weight is 324 g/mol. The number of hydrogen-bond donors (Lipinski definition) is 2. The molecule has 0 saturated carbocycles. The van der Waals surface area contributed by atoms with E-state index in [0.29, 0.717) is 11.6 Å². The van der Waals surface area contributed by atoms with Crippen LogP contribution in [0, 0.1) is 0 Å². The first kappa shape index (κ1) is 15.4. The Balaban J connectivity index is 1.53. The highest BCUT2D eigenvalue weighted by molar-refractivity contribution is 5.92. The zero-order valence-electron chi connectivity index (χ0n) is 13.9. The van der Waals surface area contributed by atoms with Crippen LogP contribution < -0.4 is 5.73 Å². The first-order chi connectivity index (χ1) is 11.7. The number of H-pyrrole nitrogens is 1. The van der Waals surface area contributed by atoms with Gasteiger partial charge in [-0.2, -0.15) is 0 Å². The molecule has 5 nitrogen and oxygen atoms in total. The quantitative estimate of drug-likeness (QED) is 0.908. The first-order valence-electron chi connectivity index (χ1n) is 8.91. The minimum Gasteiger partial charge on any atom is -0.366 e. The second-order valence-electron chi connectivity index (χ2n) is 6.95. The topological polar surface area (TPSA) is 75.0 Å². The summed E-state index contributed by atoms with van der Waals surface area (Å²) >= 11 is 0. The van der Waals surface area contributed by atoms with Crippen molar-refractivity contribution < 1.29 is 4.79 Å². The molecular weight excluding hydrogens is 300 g/mol. The van der Waals surface area contributed by atoms with E-state index in [1.807, 2.05) is 12.1 Å². The SMILES string of the molecule is NC(=O)c1cccc(CN2CCC[C@@H]2c2nc3c([nH]2)CCCC3)c1. The van der Waals surface area contributed by atoms with Crippen LogP contribution in [0.25, 0.3) is 0 Å². The summed E-state index contributed by atoms with van der Waals surface area (Å²) in [7, 11) is 0. The smallest absolute Gasteiger partial charge is 0.248 e. The van der Waals surface area contributed by atoms with Gasteiger partial charge < -0.3 is 10.7 Å². The molecule has 3 N–H and O–H groups in total. The second kappa shape index (κ2) is 6.40. The van der Waals surface area contributed by atoms with E-state index in [1.54, 1.807) is 6.07 Å². The van der Waals surface area contributed by atoms with Crippen molar-refractivity contribution in [3.63, 3.8) is 0 Å². The van der Waals surface area contributed by atoms with Gasteiger partial charge in [0.2, 0.25) is 5.91 Å². The average Bonchev–Trinajstić information content (AvgIpc) is 3.21. The summed E-state index contributed by atoms with van der Waals surface area (Å²) in [6, 6.07) is 8.01. The molecule has 1 aliphatic carbocycles. The fourth-order valence-electron chi connectivity index (χ4n) is 4.02. The van der Waals surface area contributed by atoms with E-state index in [4.69, 9.17) is 10.7 Å². The Labute approximate surface area is 142 Å². The number of nitrogens with one attached hydrogen (secondary N) is 1. The predicted molar refractivity (Wildman–Crippen MR) is 92.6 cm³/mol. The molecule has 1 saturated heterocycles. The monoisotopic (exact) mass is 324 g/mol. The van der Waals surface area contributed by atoms with Crippen molar-refractivity contribution in [1.82, 2.24) is 14.9 Å². The number of imidazole rings is 1. The predicted octanol–water partition coefficient (Wildman–Crippen LogP) is 2.72. The van der Waals surface area contributed by atoms with Crippen LogP contribution in [-0.4, -0.2) is 27.3 Å². The number of amides is 1. The van der Waals surface area contributed by atoms with Gasteiger partial charge in [0.25, 0.3) is 0 Å². The lowest BCUT2D eigenvalue weighted by Crippen LogP contribution is -2.24. The summed E-state index contributed by atoms with van der Waals surface area (Å²) in [4.78, 5) is 22.3. The molecule has 1 aliphatic heterocycles. The van der Waals surface area contributed by atoms with Gasteiger partial charge in [-0.25, -0.2) is 4.98 Å². The molecule has 1 aromatic carbocycles. The molecule has 2 heterocycles. The number of benzene rings is 1. The van der Waals surface area contributed by atoms with Crippen molar-refractivity contribution in [3.05, 3.63) is 52.6 Å². The minimum atomic E-state index is -0.367. The number of carbonyl (C=O) groups is 1. The fourth-order valence-corrected chi connectivity index (χ4v) is 4.02. The first-order valence-corrected chi connectivity index (χ1v) is 8.91. The van der Waals surface area contributed by atoms with Crippen LogP contribution in [0.5, 0.6) is 0 Å².